The fraction of sp³-hybridized carbons (Fsp3) is 0.200. The number of rotatable bonds is 6. The number of aromatic nitrogens is 1. The number of ketones is 1. The summed E-state index contributed by atoms with van der Waals surface area (Å²) in [5.74, 6) is 0.401. The highest BCUT2D eigenvalue weighted by Crippen LogP contribution is 2.43. The number of benzene rings is 2. The van der Waals surface area contributed by atoms with Crippen LogP contribution in [-0.4, -0.2) is 29.1 Å². The molecular weight excluding hydrogens is 562 g/mol. The van der Waals surface area contributed by atoms with Crippen molar-refractivity contribution < 1.29 is 14.4 Å². The highest BCUT2D eigenvalue weighted by Gasteiger charge is 2.29. The average molecular weight is 587 g/mol. The maximum absolute atomic E-state index is 13.7. The van der Waals surface area contributed by atoms with E-state index in [4.69, 9.17) is 0 Å². The van der Waals surface area contributed by atoms with Gasteiger partial charge in [-0.05, 0) is 89.1 Å². The molecule has 0 radical (unpaired) electrons. The molecule has 6 rings (SSSR count). The van der Waals surface area contributed by atoms with Gasteiger partial charge in [0, 0.05) is 51.5 Å². The van der Waals surface area contributed by atoms with Crippen molar-refractivity contribution in [3.05, 3.63) is 99.1 Å². The lowest BCUT2D eigenvalue weighted by atomic mass is 10.1. The zero-order chi connectivity index (χ0) is 26.2. The van der Waals surface area contributed by atoms with Crippen LogP contribution < -0.4 is 10.2 Å². The van der Waals surface area contributed by atoms with Crippen molar-refractivity contribution in [3.8, 4) is 10.4 Å². The van der Waals surface area contributed by atoms with Crippen LogP contribution in [0.3, 0.4) is 0 Å². The van der Waals surface area contributed by atoms with E-state index < -0.39 is 0 Å². The molecule has 1 aliphatic carbocycles. The summed E-state index contributed by atoms with van der Waals surface area (Å²) in [6.07, 6.45) is 6.74. The quantitative estimate of drug-likeness (QED) is 0.247. The third-order valence-electron chi connectivity index (χ3n) is 6.95. The number of halogens is 1. The Morgan fingerprint density at radius 1 is 1.05 bits per heavy atom. The molecule has 4 aromatic rings. The Morgan fingerprint density at radius 2 is 1.84 bits per heavy atom. The molecule has 0 bridgehead atoms. The number of hydrogen-bond donors (Lipinski definition) is 1. The lowest BCUT2D eigenvalue weighted by molar-refractivity contribution is 0.0974. The fourth-order valence-electron chi connectivity index (χ4n) is 4.72. The maximum atomic E-state index is 13.7. The molecular formula is C30H24BrN3O3S. The van der Waals surface area contributed by atoms with Crippen molar-refractivity contribution in [2.24, 2.45) is 5.92 Å². The number of amides is 2. The van der Waals surface area contributed by atoms with Crippen molar-refractivity contribution in [1.82, 2.24) is 4.98 Å². The number of thiophene rings is 1. The predicted molar refractivity (Wildman–Crippen MR) is 153 cm³/mol. The first-order valence-electron chi connectivity index (χ1n) is 12.6. The van der Waals surface area contributed by atoms with Gasteiger partial charge >= 0.3 is 0 Å². The van der Waals surface area contributed by atoms with E-state index in [2.05, 4.69) is 26.2 Å². The van der Waals surface area contributed by atoms with E-state index in [0.717, 1.165) is 39.4 Å². The second kappa shape index (κ2) is 10.3. The highest BCUT2D eigenvalue weighted by molar-refractivity contribution is 9.10. The van der Waals surface area contributed by atoms with Crippen LogP contribution in [0, 0.1) is 5.92 Å². The molecule has 1 fully saturated rings. The van der Waals surface area contributed by atoms with Crippen LogP contribution >= 0.6 is 27.3 Å². The molecule has 0 unspecified atom stereocenters. The summed E-state index contributed by atoms with van der Waals surface area (Å²) in [6.45, 7) is 0.517. The summed E-state index contributed by atoms with van der Waals surface area (Å²) in [5.41, 5.74) is 4.50. The summed E-state index contributed by atoms with van der Waals surface area (Å²) >= 11 is 4.92. The molecule has 0 spiro atoms. The molecule has 38 heavy (non-hydrogen) atoms. The Kier molecular flexibility index (Phi) is 6.68. The largest absolute Gasteiger partial charge is 0.322 e. The number of fused-ring (bicyclic) bond motifs is 3. The summed E-state index contributed by atoms with van der Waals surface area (Å²) < 4.78 is 0.657. The molecule has 3 heterocycles. The van der Waals surface area contributed by atoms with Crippen molar-refractivity contribution in [3.63, 3.8) is 0 Å². The first kappa shape index (κ1) is 24.7. The fourth-order valence-corrected chi connectivity index (χ4v) is 6.32. The summed E-state index contributed by atoms with van der Waals surface area (Å²) in [4.78, 5) is 46.8. The number of carbonyl (C=O) groups is 3. The van der Waals surface area contributed by atoms with E-state index in [0.29, 0.717) is 46.6 Å². The highest BCUT2D eigenvalue weighted by atomic mass is 79.9. The first-order chi connectivity index (χ1) is 18.5. The van der Waals surface area contributed by atoms with E-state index >= 15 is 0 Å². The van der Waals surface area contributed by atoms with Gasteiger partial charge < -0.3 is 10.2 Å². The summed E-state index contributed by atoms with van der Waals surface area (Å²) in [7, 11) is 0. The Balaban J connectivity index is 1.23. The van der Waals surface area contributed by atoms with Gasteiger partial charge in [-0.2, -0.15) is 0 Å². The molecule has 2 amide bonds. The van der Waals surface area contributed by atoms with Crippen LogP contribution in [0.15, 0.2) is 77.5 Å². The van der Waals surface area contributed by atoms with Crippen LogP contribution in [0.4, 0.5) is 11.4 Å². The van der Waals surface area contributed by atoms with Crippen LogP contribution in [0.1, 0.15) is 55.2 Å². The van der Waals surface area contributed by atoms with Crippen LogP contribution in [0.25, 0.3) is 10.4 Å². The number of pyridine rings is 1. The third-order valence-corrected chi connectivity index (χ3v) is 8.89. The number of hydrogen-bond acceptors (Lipinski definition) is 5. The molecule has 8 heteroatoms. The monoisotopic (exact) mass is 585 g/mol. The number of anilines is 2. The smallest absolute Gasteiger partial charge is 0.258 e. The molecule has 1 saturated carbocycles. The van der Waals surface area contributed by atoms with Crippen molar-refractivity contribution in [2.75, 3.05) is 16.8 Å². The van der Waals surface area contributed by atoms with E-state index in [1.165, 1.54) is 6.20 Å². The van der Waals surface area contributed by atoms with Crippen molar-refractivity contribution >= 4 is 56.2 Å². The average Bonchev–Trinajstić information content (AvgIpc) is 3.67. The van der Waals surface area contributed by atoms with Crippen LogP contribution in [-0.2, 0) is 6.42 Å². The van der Waals surface area contributed by atoms with Crippen LogP contribution in [0.2, 0.25) is 0 Å². The third kappa shape index (κ3) is 4.93. The van der Waals surface area contributed by atoms with E-state index in [1.807, 2.05) is 35.2 Å². The van der Waals surface area contributed by atoms with E-state index in [9.17, 15) is 14.4 Å². The summed E-state index contributed by atoms with van der Waals surface area (Å²) in [5, 5.41) is 2.85. The predicted octanol–water partition coefficient (Wildman–Crippen LogP) is 7.01. The second-order valence-electron chi connectivity index (χ2n) is 9.65. The molecule has 1 aliphatic heterocycles. The van der Waals surface area contributed by atoms with Crippen LogP contribution in [0.5, 0.6) is 0 Å². The number of nitrogens with zero attached hydrogens (tertiary/aromatic N) is 2. The first-order valence-corrected chi connectivity index (χ1v) is 14.2. The molecule has 0 saturated heterocycles. The zero-order valence-corrected chi connectivity index (χ0v) is 22.8. The Labute approximate surface area is 232 Å². The minimum Gasteiger partial charge on any atom is -0.322 e. The maximum Gasteiger partial charge on any atom is 0.258 e. The van der Waals surface area contributed by atoms with E-state index in [1.54, 1.807) is 47.9 Å². The summed E-state index contributed by atoms with van der Waals surface area (Å²) in [6, 6.07) is 18.6. The molecule has 1 N–H and O–H groups in total. The van der Waals surface area contributed by atoms with Crippen molar-refractivity contribution in [2.45, 2.75) is 25.7 Å². The minimum absolute atomic E-state index is 0.106. The van der Waals surface area contributed by atoms with Gasteiger partial charge in [-0.1, -0.05) is 18.2 Å². The van der Waals surface area contributed by atoms with Gasteiger partial charge in [0.25, 0.3) is 11.8 Å². The lowest BCUT2D eigenvalue weighted by Crippen LogP contribution is -2.32. The zero-order valence-electron chi connectivity index (χ0n) is 20.4. The molecule has 0 atom stereocenters. The Morgan fingerprint density at radius 3 is 2.61 bits per heavy atom. The van der Waals surface area contributed by atoms with Gasteiger partial charge in [-0.15, -0.1) is 11.3 Å². The molecule has 190 valence electrons. The van der Waals surface area contributed by atoms with Gasteiger partial charge in [0.2, 0.25) is 0 Å². The second-order valence-corrected chi connectivity index (χ2v) is 11.6. The normalized spacial score (nSPS) is 14.3. The Hall–Kier alpha value is -3.62. The molecule has 2 aliphatic rings. The Bertz CT molecular complexity index is 1560. The number of para-hydroxylation sites is 1. The van der Waals surface area contributed by atoms with Gasteiger partial charge in [-0.25, -0.2) is 0 Å². The molecule has 6 nitrogen and oxygen atoms in total. The van der Waals surface area contributed by atoms with Gasteiger partial charge in [0.15, 0.2) is 5.78 Å². The van der Waals surface area contributed by atoms with Gasteiger partial charge in [-0.3, -0.25) is 19.4 Å². The van der Waals surface area contributed by atoms with Gasteiger partial charge in [0.1, 0.15) is 0 Å². The standard InChI is InChI=1S/C30H24BrN3O3S/c31-24-11-13-32-17-23(24)29(36)33-21-9-7-19(8-10-21)30(37)34-14-12-20-16-27(26(35)15-18-5-6-18)38-28(20)22-3-1-2-4-25(22)34/h1-4,7-11,13,16-18H,5-6,12,14-15H2,(H,33,36). The lowest BCUT2D eigenvalue weighted by Gasteiger charge is -2.23. The molecule has 2 aromatic heterocycles. The number of nitrogens with one attached hydrogen (secondary N) is 1. The van der Waals surface area contributed by atoms with Gasteiger partial charge in [0.05, 0.1) is 16.1 Å². The topological polar surface area (TPSA) is 79.4 Å². The minimum atomic E-state index is -0.286. The SMILES string of the molecule is O=C(CC1CC1)c1cc2c(s1)-c1ccccc1N(C(=O)c1ccc(NC(=O)c3cnccc3Br)cc1)CC2. The van der Waals surface area contributed by atoms with Crippen molar-refractivity contribution in [1.29, 1.82) is 0 Å². The number of Topliss-reactive ketones (excluding diaryl/α,β-unsaturated/α-hetero) is 1. The number of carbonyl (C=O) groups excluding carboxylic acids is 3. The van der Waals surface area contributed by atoms with E-state index in [-0.39, 0.29) is 17.6 Å². The molecule has 2 aromatic carbocycles.